The van der Waals surface area contributed by atoms with E-state index in [9.17, 15) is 9.59 Å². The molecule has 0 radical (unpaired) electrons. The Morgan fingerprint density at radius 1 is 1.14 bits per heavy atom. The average Bonchev–Trinajstić information content (AvgIpc) is 3.16. The smallest absolute Gasteiger partial charge is 0.251 e. The van der Waals surface area contributed by atoms with Crippen molar-refractivity contribution in [2.45, 2.75) is 66.2 Å². The van der Waals surface area contributed by atoms with Gasteiger partial charge >= 0.3 is 0 Å². The Labute approximate surface area is 220 Å². The largest absolute Gasteiger partial charge is 0.338 e. The topological polar surface area (TPSA) is 86.9 Å². The molecule has 0 aliphatic heterocycles. The molecule has 2 amide bonds. The Hall–Kier alpha value is -3.67. The van der Waals surface area contributed by atoms with Crippen LogP contribution in [-0.2, 0) is 9.59 Å². The van der Waals surface area contributed by atoms with Crippen LogP contribution in [0.2, 0.25) is 0 Å². The van der Waals surface area contributed by atoms with Gasteiger partial charge in [0.15, 0.2) is 0 Å². The number of H-pyrrole nitrogens is 1. The van der Waals surface area contributed by atoms with Gasteiger partial charge in [0.05, 0.1) is 11.0 Å². The van der Waals surface area contributed by atoms with Crippen molar-refractivity contribution in [3.05, 3.63) is 78.3 Å². The number of nitrogens with one attached hydrogen (secondary N) is 3. The highest BCUT2D eigenvalue weighted by Crippen LogP contribution is 2.31. The highest BCUT2D eigenvalue weighted by Gasteiger charge is 2.27. The summed E-state index contributed by atoms with van der Waals surface area (Å²) in [5.74, 6) is 1.26. The Balaban J connectivity index is 0.000000886. The van der Waals surface area contributed by atoms with Crippen molar-refractivity contribution in [2.24, 2.45) is 11.8 Å². The number of anilines is 1. The molecule has 1 heterocycles. The first kappa shape index (κ1) is 27.9. The fraction of sp³-hybridized carbons (Fsp3) is 0.387. The van der Waals surface area contributed by atoms with Crippen molar-refractivity contribution in [3.8, 4) is 0 Å². The molecule has 2 aromatic rings. The van der Waals surface area contributed by atoms with E-state index in [0.717, 1.165) is 53.8 Å². The summed E-state index contributed by atoms with van der Waals surface area (Å²) in [6.45, 7) is 8.19. The molecule has 196 valence electrons. The van der Waals surface area contributed by atoms with Crippen LogP contribution in [0.25, 0.3) is 16.6 Å². The van der Waals surface area contributed by atoms with Crippen LogP contribution >= 0.6 is 0 Å². The first-order valence-corrected chi connectivity index (χ1v) is 13.4. The molecule has 0 bridgehead atoms. The number of allylic oxidation sites excluding steroid dienone is 8. The number of hydrogen-bond donors (Lipinski definition) is 3. The molecule has 2 atom stereocenters. The van der Waals surface area contributed by atoms with Crippen LogP contribution in [0.5, 0.6) is 0 Å². The van der Waals surface area contributed by atoms with Gasteiger partial charge in [-0.15, -0.1) is 0 Å². The fourth-order valence-electron chi connectivity index (χ4n) is 4.46. The highest BCUT2D eigenvalue weighted by atomic mass is 16.2. The summed E-state index contributed by atoms with van der Waals surface area (Å²) in [5.41, 5.74) is 4.08. The Morgan fingerprint density at radius 2 is 1.92 bits per heavy atom. The highest BCUT2D eigenvalue weighted by molar-refractivity contribution is 5.96. The minimum absolute atomic E-state index is 0.0868. The van der Waals surface area contributed by atoms with Gasteiger partial charge in [0.25, 0.3) is 5.91 Å². The molecule has 6 nitrogen and oxygen atoms in total. The van der Waals surface area contributed by atoms with E-state index in [2.05, 4.69) is 22.5 Å². The lowest BCUT2D eigenvalue weighted by Crippen LogP contribution is -2.30. The summed E-state index contributed by atoms with van der Waals surface area (Å²) in [6, 6.07) is 5.76. The van der Waals surface area contributed by atoms with E-state index in [0.29, 0.717) is 17.9 Å². The maximum Gasteiger partial charge on any atom is 0.251 e. The number of carbonyl (C=O) groups excluding carboxylic acids is 2. The van der Waals surface area contributed by atoms with Gasteiger partial charge < -0.3 is 15.6 Å². The molecule has 4 rings (SSSR count). The molecule has 2 unspecified atom stereocenters. The van der Waals surface area contributed by atoms with E-state index in [1.165, 1.54) is 6.42 Å². The quantitative estimate of drug-likeness (QED) is 0.366. The van der Waals surface area contributed by atoms with Crippen LogP contribution in [0.3, 0.4) is 0 Å². The average molecular weight is 501 g/mol. The van der Waals surface area contributed by atoms with Gasteiger partial charge in [-0.2, -0.15) is 0 Å². The number of aromatic nitrogens is 2. The summed E-state index contributed by atoms with van der Waals surface area (Å²) < 4.78 is 0. The first-order chi connectivity index (χ1) is 18.0. The summed E-state index contributed by atoms with van der Waals surface area (Å²) in [6.07, 6.45) is 21.2. The zero-order valence-electron chi connectivity index (χ0n) is 22.5. The minimum atomic E-state index is -0.0980. The van der Waals surface area contributed by atoms with Gasteiger partial charge in [-0.25, -0.2) is 4.98 Å². The lowest BCUT2D eigenvalue weighted by atomic mass is 9.80. The maximum atomic E-state index is 12.8. The Bertz CT molecular complexity index is 1230. The van der Waals surface area contributed by atoms with E-state index >= 15 is 0 Å². The molecule has 2 aliphatic rings. The van der Waals surface area contributed by atoms with E-state index in [1.807, 2.05) is 81.5 Å². The number of carbonyl (C=O) groups is 2. The van der Waals surface area contributed by atoms with Gasteiger partial charge in [-0.3, -0.25) is 9.59 Å². The second kappa shape index (κ2) is 14.2. The zero-order valence-corrected chi connectivity index (χ0v) is 22.5. The van der Waals surface area contributed by atoms with Crippen LogP contribution in [0.4, 0.5) is 5.69 Å². The standard InChI is InChI=1S/C27H32N4O2.C4H8/c1-3-4-16-28-26(32)20-10-7-9-19(12-13-20)25-30-23-15-14-21(17-24(23)31-25)29-27(33)22-11-6-5-8-18(22)2;1-3-4-2/h4,7,9,12-18,22H,3,5-6,8,10-11H2,1-2H3,(H,28,32)(H,29,33)(H,30,31);3-4H,1-2H3/b16-4+;4-3-. The predicted octanol–water partition coefficient (Wildman–Crippen LogP) is 7.22. The van der Waals surface area contributed by atoms with Crippen molar-refractivity contribution in [2.75, 3.05) is 5.32 Å². The predicted molar refractivity (Wildman–Crippen MR) is 154 cm³/mol. The van der Waals surface area contributed by atoms with E-state index in [1.54, 1.807) is 6.20 Å². The summed E-state index contributed by atoms with van der Waals surface area (Å²) in [4.78, 5) is 33.2. The lowest BCUT2D eigenvalue weighted by Gasteiger charge is -2.27. The molecule has 37 heavy (non-hydrogen) atoms. The summed E-state index contributed by atoms with van der Waals surface area (Å²) >= 11 is 0. The van der Waals surface area contributed by atoms with Crippen molar-refractivity contribution in [1.29, 1.82) is 0 Å². The van der Waals surface area contributed by atoms with Crippen LogP contribution in [0.15, 0.2) is 72.5 Å². The van der Waals surface area contributed by atoms with Crippen molar-refractivity contribution in [1.82, 2.24) is 15.3 Å². The number of fused-ring (bicyclic) bond motifs is 1. The lowest BCUT2D eigenvalue weighted by molar-refractivity contribution is -0.122. The molecular weight excluding hydrogens is 460 g/mol. The molecule has 1 saturated carbocycles. The van der Waals surface area contributed by atoms with Crippen molar-refractivity contribution in [3.63, 3.8) is 0 Å². The summed E-state index contributed by atoms with van der Waals surface area (Å²) in [5, 5.41) is 5.89. The molecule has 1 fully saturated rings. The SMILES string of the molecule is C/C=C\C.CC/C=C/NC(=O)C1=CC=C(c2nc3ccc(NC(=O)C4CCCCC4C)cc3[nH]2)C=CC1. The molecule has 0 spiro atoms. The Morgan fingerprint density at radius 3 is 2.65 bits per heavy atom. The maximum absolute atomic E-state index is 12.8. The number of benzene rings is 1. The molecule has 1 aromatic carbocycles. The molecule has 1 aromatic heterocycles. The molecule has 6 heteroatoms. The number of hydrogen-bond acceptors (Lipinski definition) is 3. The van der Waals surface area contributed by atoms with E-state index in [-0.39, 0.29) is 17.7 Å². The zero-order chi connectivity index (χ0) is 26.6. The number of imidazole rings is 1. The molecule has 2 aliphatic carbocycles. The van der Waals surface area contributed by atoms with Gasteiger partial charge in [-0.1, -0.05) is 69.2 Å². The van der Waals surface area contributed by atoms with Crippen LogP contribution in [-0.4, -0.2) is 21.8 Å². The first-order valence-electron chi connectivity index (χ1n) is 13.4. The molecule has 0 saturated heterocycles. The number of aromatic amines is 1. The number of nitrogens with zero attached hydrogens (tertiary/aromatic N) is 1. The Kier molecular flexibility index (Phi) is 10.7. The fourth-order valence-corrected chi connectivity index (χ4v) is 4.46. The number of amides is 2. The normalized spacial score (nSPS) is 19.7. The second-order valence-corrected chi connectivity index (χ2v) is 9.55. The third-order valence-electron chi connectivity index (χ3n) is 6.76. The van der Waals surface area contributed by atoms with Crippen molar-refractivity contribution >= 4 is 34.1 Å². The third-order valence-corrected chi connectivity index (χ3v) is 6.76. The van der Waals surface area contributed by atoms with Gasteiger partial charge in [-0.05, 0) is 63.6 Å². The third kappa shape index (κ3) is 7.91. The minimum Gasteiger partial charge on any atom is -0.338 e. The van der Waals surface area contributed by atoms with E-state index in [4.69, 9.17) is 4.98 Å². The van der Waals surface area contributed by atoms with Gasteiger partial charge in [0, 0.05) is 29.0 Å². The summed E-state index contributed by atoms with van der Waals surface area (Å²) in [7, 11) is 0. The van der Waals surface area contributed by atoms with Crippen LogP contribution in [0, 0.1) is 11.8 Å². The van der Waals surface area contributed by atoms with Gasteiger partial charge in [0.1, 0.15) is 5.82 Å². The van der Waals surface area contributed by atoms with E-state index < -0.39 is 0 Å². The molecule has 3 N–H and O–H groups in total. The van der Waals surface area contributed by atoms with Crippen molar-refractivity contribution < 1.29 is 9.59 Å². The van der Waals surface area contributed by atoms with Crippen LogP contribution < -0.4 is 10.6 Å². The second-order valence-electron chi connectivity index (χ2n) is 9.55. The monoisotopic (exact) mass is 500 g/mol. The molecular formula is C31H40N4O2. The number of rotatable bonds is 6. The van der Waals surface area contributed by atoms with Crippen LogP contribution in [0.1, 0.15) is 72.0 Å². The van der Waals surface area contributed by atoms with Gasteiger partial charge in [0.2, 0.25) is 5.91 Å².